The van der Waals surface area contributed by atoms with Crippen LogP contribution in [-0.4, -0.2) is 62.4 Å². The van der Waals surface area contributed by atoms with Crippen LogP contribution in [0, 0.1) is 6.92 Å². The zero-order valence-electron chi connectivity index (χ0n) is 21.3. The van der Waals surface area contributed by atoms with Crippen LogP contribution < -0.4 is 10.1 Å². The molecule has 0 saturated heterocycles. The number of anilines is 1. The van der Waals surface area contributed by atoms with Crippen LogP contribution in [-0.2, 0) is 25.8 Å². The van der Waals surface area contributed by atoms with Crippen molar-refractivity contribution in [3.05, 3.63) is 70.5 Å². The van der Waals surface area contributed by atoms with Gasteiger partial charge in [0.1, 0.15) is 5.75 Å². The number of aromatic nitrogens is 1. The van der Waals surface area contributed by atoms with E-state index in [1.54, 1.807) is 45.3 Å². The second-order valence-corrected chi connectivity index (χ2v) is 10.8. The molecular formula is C27H27N3O7S. The number of carboxylic acid groups (broad SMARTS) is 1. The zero-order valence-corrected chi connectivity index (χ0v) is 22.1. The van der Waals surface area contributed by atoms with Crippen LogP contribution in [0.25, 0.3) is 11.6 Å². The number of aromatic amines is 1. The number of nitrogens with zero attached hydrogens (tertiary/aromatic N) is 1. The first-order valence-electron chi connectivity index (χ1n) is 11.7. The minimum absolute atomic E-state index is 0.000169. The van der Waals surface area contributed by atoms with Crippen molar-refractivity contribution in [1.82, 2.24) is 9.88 Å². The molecule has 1 aromatic heterocycles. The number of ether oxygens (including phenoxy) is 1. The molecule has 2 heterocycles. The van der Waals surface area contributed by atoms with Gasteiger partial charge in [-0.05, 0) is 55.3 Å². The van der Waals surface area contributed by atoms with E-state index in [1.165, 1.54) is 36.3 Å². The summed E-state index contributed by atoms with van der Waals surface area (Å²) in [5.74, 6) is -1.43. The summed E-state index contributed by atoms with van der Waals surface area (Å²) in [4.78, 5) is 41.1. The third-order valence-corrected chi connectivity index (χ3v) is 8.35. The summed E-state index contributed by atoms with van der Waals surface area (Å²) in [5, 5.41) is 12.4. The minimum atomic E-state index is -4.33. The number of benzene rings is 2. The zero-order chi connectivity index (χ0) is 27.8. The van der Waals surface area contributed by atoms with Crippen LogP contribution in [0.5, 0.6) is 5.75 Å². The van der Waals surface area contributed by atoms with Crippen LogP contribution >= 0.6 is 0 Å². The van der Waals surface area contributed by atoms with Gasteiger partial charge in [0.15, 0.2) is 0 Å². The molecule has 0 radical (unpaired) electrons. The highest BCUT2D eigenvalue weighted by molar-refractivity contribution is 7.91. The van der Waals surface area contributed by atoms with E-state index < -0.39 is 15.8 Å². The monoisotopic (exact) mass is 537 g/mol. The summed E-state index contributed by atoms with van der Waals surface area (Å²) < 4.78 is 33.0. The molecule has 10 nitrogen and oxygen atoms in total. The molecule has 0 spiro atoms. The molecule has 0 aliphatic carbocycles. The van der Waals surface area contributed by atoms with E-state index in [4.69, 9.17) is 4.74 Å². The summed E-state index contributed by atoms with van der Waals surface area (Å²) in [6.45, 7) is 1.56. The van der Waals surface area contributed by atoms with Crippen molar-refractivity contribution < 1.29 is 32.6 Å². The van der Waals surface area contributed by atoms with Gasteiger partial charge in [-0.3, -0.25) is 9.59 Å². The van der Waals surface area contributed by atoms with Crippen molar-refractivity contribution in [1.29, 1.82) is 0 Å². The summed E-state index contributed by atoms with van der Waals surface area (Å²) in [6, 6.07) is 10.5. The average molecular weight is 538 g/mol. The van der Waals surface area contributed by atoms with Gasteiger partial charge >= 0.3 is 5.97 Å². The van der Waals surface area contributed by atoms with E-state index in [9.17, 15) is 27.9 Å². The second-order valence-electron chi connectivity index (χ2n) is 8.99. The van der Waals surface area contributed by atoms with Gasteiger partial charge in [-0.25, -0.2) is 13.2 Å². The average Bonchev–Trinajstić information content (AvgIpc) is 3.37. The molecule has 0 fully saturated rings. The van der Waals surface area contributed by atoms with E-state index in [0.717, 1.165) is 0 Å². The lowest BCUT2D eigenvalue weighted by molar-refractivity contribution is -0.128. The topological polar surface area (TPSA) is 146 Å². The lowest BCUT2D eigenvalue weighted by atomic mass is 10.0. The van der Waals surface area contributed by atoms with Crippen molar-refractivity contribution in [2.24, 2.45) is 0 Å². The van der Waals surface area contributed by atoms with E-state index in [2.05, 4.69) is 10.3 Å². The van der Waals surface area contributed by atoms with Gasteiger partial charge in [0.25, 0.3) is 5.91 Å². The fraction of sp³-hybridized carbons (Fsp3) is 0.222. The van der Waals surface area contributed by atoms with Gasteiger partial charge in [-0.2, -0.15) is 0 Å². The Bertz CT molecular complexity index is 1600. The summed E-state index contributed by atoms with van der Waals surface area (Å²) >= 11 is 0. The van der Waals surface area contributed by atoms with Crippen molar-refractivity contribution in [3.63, 3.8) is 0 Å². The Morgan fingerprint density at radius 1 is 1.13 bits per heavy atom. The number of carboxylic acids is 1. The van der Waals surface area contributed by atoms with Gasteiger partial charge in [0.2, 0.25) is 15.7 Å². The number of sulfone groups is 1. The molecule has 2 amide bonds. The number of methoxy groups -OCH3 is 1. The maximum Gasteiger partial charge on any atom is 0.337 e. The van der Waals surface area contributed by atoms with Crippen molar-refractivity contribution in [2.75, 3.05) is 26.5 Å². The quantitative estimate of drug-likeness (QED) is 0.374. The van der Waals surface area contributed by atoms with Crippen LogP contribution in [0.15, 0.2) is 52.3 Å². The molecule has 1 aliphatic rings. The predicted molar refractivity (Wildman–Crippen MR) is 141 cm³/mol. The van der Waals surface area contributed by atoms with Crippen LogP contribution in [0.3, 0.4) is 0 Å². The third-order valence-electron chi connectivity index (χ3n) is 6.32. The molecule has 0 atom stereocenters. The summed E-state index contributed by atoms with van der Waals surface area (Å²) in [7, 11) is 0.379. The number of carbonyl (C=O) groups is 3. The molecule has 0 unspecified atom stereocenters. The lowest BCUT2D eigenvalue weighted by Crippen LogP contribution is -2.22. The number of H-pyrrole nitrogens is 1. The normalized spacial score (nSPS) is 13.8. The number of amides is 2. The third kappa shape index (κ3) is 4.80. The van der Waals surface area contributed by atoms with Crippen molar-refractivity contribution in [3.8, 4) is 5.75 Å². The molecule has 0 saturated carbocycles. The maximum atomic E-state index is 13.9. The maximum absolute atomic E-state index is 13.9. The van der Waals surface area contributed by atoms with Crippen LogP contribution in [0.1, 0.15) is 39.3 Å². The number of carbonyl (C=O) groups excluding carboxylic acids is 2. The molecule has 198 valence electrons. The number of aromatic carboxylic acids is 1. The first-order valence-corrected chi connectivity index (χ1v) is 13.1. The molecule has 3 aromatic rings. The molecule has 38 heavy (non-hydrogen) atoms. The van der Waals surface area contributed by atoms with Crippen molar-refractivity contribution >= 4 is 45.0 Å². The van der Waals surface area contributed by atoms with Gasteiger partial charge in [-0.15, -0.1) is 0 Å². The first kappa shape index (κ1) is 26.7. The van der Waals surface area contributed by atoms with E-state index in [-0.39, 0.29) is 56.8 Å². The molecule has 2 aromatic carbocycles. The molecule has 0 bridgehead atoms. The highest BCUT2D eigenvalue weighted by Crippen LogP contribution is 2.38. The minimum Gasteiger partial charge on any atom is -0.497 e. The first-order chi connectivity index (χ1) is 17.9. The lowest BCUT2D eigenvalue weighted by Gasteiger charge is -2.13. The number of rotatable bonds is 8. The number of nitrogens with one attached hydrogen (secondary N) is 2. The summed E-state index contributed by atoms with van der Waals surface area (Å²) in [5.41, 5.74) is 1.97. The molecule has 4 rings (SSSR count). The highest BCUT2D eigenvalue weighted by atomic mass is 32.2. The Hall–Kier alpha value is -4.38. The number of hydrogen-bond acceptors (Lipinski definition) is 6. The largest absolute Gasteiger partial charge is 0.497 e. The van der Waals surface area contributed by atoms with Crippen molar-refractivity contribution in [2.45, 2.75) is 29.6 Å². The van der Waals surface area contributed by atoms with E-state index >= 15 is 0 Å². The number of fused-ring (bicyclic) bond motifs is 1. The molecule has 1 aliphatic heterocycles. The van der Waals surface area contributed by atoms with Gasteiger partial charge in [0, 0.05) is 43.2 Å². The molecular weight excluding hydrogens is 510 g/mol. The highest BCUT2D eigenvalue weighted by Gasteiger charge is 2.32. The predicted octanol–water partition coefficient (Wildman–Crippen LogP) is 3.38. The second kappa shape index (κ2) is 10.2. The van der Waals surface area contributed by atoms with E-state index in [1.807, 2.05) is 0 Å². The Morgan fingerprint density at radius 3 is 2.50 bits per heavy atom. The number of aryl methyl sites for hydroxylation is 1. The van der Waals surface area contributed by atoms with Gasteiger partial charge in [-0.1, -0.05) is 12.1 Å². The Morgan fingerprint density at radius 2 is 1.84 bits per heavy atom. The molecule has 3 N–H and O–H groups in total. The molecule has 11 heteroatoms. The Balaban J connectivity index is 1.93. The van der Waals surface area contributed by atoms with Crippen LogP contribution in [0.2, 0.25) is 0 Å². The standard InChI is InChI=1S/C27H27N3O7S/c1-15-25(38(35,36)23-8-6-5-7-18(23)27(33)34)17(10-12-24(31)30(2)3)22(28-15)14-20-19-13-16(37-4)9-11-21(19)29-26(20)32/h5-9,11,13-14,28H,10,12H2,1-4H3,(H,29,32)(H,33,34)/b20-14-. The fourth-order valence-electron chi connectivity index (χ4n) is 4.44. The summed E-state index contributed by atoms with van der Waals surface area (Å²) in [6.07, 6.45) is 1.59. The Labute approximate surface area is 219 Å². The number of hydrogen-bond donors (Lipinski definition) is 3. The van der Waals surface area contributed by atoms with Gasteiger partial charge in [0.05, 0.1) is 28.0 Å². The van der Waals surface area contributed by atoms with E-state index in [0.29, 0.717) is 22.7 Å². The Kier molecular flexibility index (Phi) is 7.14. The SMILES string of the molecule is COc1ccc2c(c1)/C(=C/c1[nH]c(C)c(S(=O)(=O)c3ccccc3C(=O)O)c1CCC(=O)N(C)C)C(=O)N2. The fourth-order valence-corrected chi connectivity index (χ4v) is 6.36. The van der Waals surface area contributed by atoms with Gasteiger partial charge < -0.3 is 25.0 Å². The van der Waals surface area contributed by atoms with Crippen LogP contribution in [0.4, 0.5) is 5.69 Å². The smallest absolute Gasteiger partial charge is 0.337 e.